The van der Waals surface area contributed by atoms with Crippen molar-refractivity contribution in [1.29, 1.82) is 0 Å². The van der Waals surface area contributed by atoms with Gasteiger partial charge in [-0.1, -0.05) is 12.5 Å². The molecule has 0 amide bonds. The third-order valence-electron chi connectivity index (χ3n) is 1.05. The third kappa shape index (κ3) is 2.98. The number of hydrogen-bond acceptors (Lipinski definition) is 0. The largest absolute Gasteiger partial charge is 1.00 e. The number of hydrogen-bond donors (Lipinski definition) is 0. The predicted molar refractivity (Wildman–Crippen MR) is 38.7 cm³/mol. The van der Waals surface area contributed by atoms with Crippen LogP contribution in [-0.4, -0.2) is 0 Å². The maximum absolute atomic E-state index is 5.05. The molecule has 0 aliphatic heterocycles. The van der Waals surface area contributed by atoms with Crippen molar-refractivity contribution in [3.8, 4) is 12.3 Å². The Morgan fingerprint density at radius 1 is 1.20 bits per heavy atom. The van der Waals surface area contributed by atoms with Crippen molar-refractivity contribution in [3.05, 3.63) is 42.3 Å². The van der Waals surface area contributed by atoms with E-state index in [4.69, 9.17) is 6.42 Å². The van der Waals surface area contributed by atoms with Gasteiger partial charge >= 0.3 is 29.6 Å². The Bertz CT molecular complexity index is 208. The summed E-state index contributed by atoms with van der Waals surface area (Å²) in [6, 6.07) is 9.83. The second-order valence-electron chi connectivity index (χ2n) is 1.72. The molecule has 0 radical (unpaired) electrons. The van der Waals surface area contributed by atoms with Gasteiger partial charge in [0.2, 0.25) is 0 Å². The van der Waals surface area contributed by atoms with E-state index in [1.165, 1.54) is 0 Å². The molecule has 0 atom stereocenters. The van der Waals surface area contributed by atoms with E-state index in [0.717, 1.165) is 5.56 Å². The van der Waals surface area contributed by atoms with Gasteiger partial charge in [0.25, 0.3) is 0 Å². The molecule has 10 heavy (non-hydrogen) atoms. The molecule has 0 aliphatic rings. The summed E-state index contributed by atoms with van der Waals surface area (Å²) < 4.78 is 0. The minimum Gasteiger partial charge on any atom is -0.229 e. The second kappa shape index (κ2) is 5.44. The molecule has 0 fully saturated rings. The van der Waals surface area contributed by atoms with Crippen LogP contribution < -0.4 is 29.6 Å². The molecule has 0 bridgehead atoms. The van der Waals surface area contributed by atoms with Gasteiger partial charge in [0.15, 0.2) is 0 Å². The normalized spacial score (nSPS) is 7.10. The Kier molecular flexibility index (Phi) is 5.25. The molecule has 0 unspecified atom stereocenters. The molecule has 0 heterocycles. The van der Waals surface area contributed by atoms with Crippen LogP contribution in [0.5, 0.6) is 0 Å². The molecule has 0 aliphatic carbocycles. The molecular formula is C9H7Na. The summed E-state index contributed by atoms with van der Waals surface area (Å²) in [6.45, 7) is 0. The van der Waals surface area contributed by atoms with Crippen molar-refractivity contribution in [2.45, 2.75) is 0 Å². The molecule has 0 saturated heterocycles. The van der Waals surface area contributed by atoms with E-state index in [9.17, 15) is 0 Å². The predicted octanol–water partition coefficient (Wildman–Crippen LogP) is -1.12. The van der Waals surface area contributed by atoms with Crippen LogP contribution >= 0.6 is 0 Å². The van der Waals surface area contributed by atoms with Crippen LogP contribution in [0.3, 0.4) is 0 Å². The molecule has 0 aromatic heterocycles. The first-order valence-electron chi connectivity index (χ1n) is 2.78. The first-order chi connectivity index (χ1) is 4.43. The van der Waals surface area contributed by atoms with Gasteiger partial charge in [0.1, 0.15) is 0 Å². The van der Waals surface area contributed by atoms with E-state index in [-0.39, 0.29) is 29.6 Å². The maximum atomic E-state index is 5.05. The van der Waals surface area contributed by atoms with E-state index in [1.807, 2.05) is 30.3 Å². The van der Waals surface area contributed by atoms with Crippen LogP contribution in [-0.2, 0) is 0 Å². The van der Waals surface area contributed by atoms with E-state index in [0.29, 0.717) is 0 Å². The van der Waals surface area contributed by atoms with Gasteiger partial charge < -0.3 is 0 Å². The van der Waals surface area contributed by atoms with E-state index in [2.05, 4.69) is 5.92 Å². The van der Waals surface area contributed by atoms with Crippen LogP contribution in [0.4, 0.5) is 0 Å². The Morgan fingerprint density at radius 2 is 1.80 bits per heavy atom. The van der Waals surface area contributed by atoms with Gasteiger partial charge in [-0.25, -0.2) is 6.42 Å². The summed E-state index contributed by atoms with van der Waals surface area (Å²) in [7, 11) is 0. The summed E-state index contributed by atoms with van der Waals surface area (Å²) >= 11 is 0. The minimum absolute atomic E-state index is 0. The zero-order valence-corrected chi connectivity index (χ0v) is 8.04. The van der Waals surface area contributed by atoms with Gasteiger partial charge in [-0.2, -0.15) is 5.92 Å². The van der Waals surface area contributed by atoms with Gasteiger partial charge in [-0.05, 0) is 0 Å². The van der Waals surface area contributed by atoms with Crippen LogP contribution in [0.25, 0.3) is 0 Å². The fourth-order valence-electron chi connectivity index (χ4n) is 0.645. The van der Waals surface area contributed by atoms with Crippen LogP contribution in [0, 0.1) is 18.8 Å². The molecule has 1 rings (SSSR count). The standard InChI is InChI=1S/C9H7.Na/c1-2-6-9-7-4-3-5-8-9;/h1,3-8H;/q-1;+1. The van der Waals surface area contributed by atoms with E-state index in [1.54, 1.807) is 6.42 Å². The average Bonchev–Trinajstić information content (AvgIpc) is 1.91. The molecule has 0 N–H and O–H groups in total. The van der Waals surface area contributed by atoms with Crippen LogP contribution in [0.2, 0.25) is 0 Å². The third-order valence-corrected chi connectivity index (χ3v) is 1.05. The first kappa shape index (κ1) is 9.65. The zero-order chi connectivity index (χ0) is 6.53. The average molecular weight is 138 g/mol. The topological polar surface area (TPSA) is 0 Å². The van der Waals surface area contributed by atoms with Crippen molar-refractivity contribution >= 4 is 0 Å². The summed E-state index contributed by atoms with van der Waals surface area (Å²) in [5, 5.41) is 0. The van der Waals surface area contributed by atoms with Gasteiger partial charge in [-0.3, -0.25) is 0 Å². The molecule has 0 saturated carbocycles. The molecule has 44 valence electrons. The van der Waals surface area contributed by atoms with Crippen molar-refractivity contribution in [3.63, 3.8) is 0 Å². The van der Waals surface area contributed by atoms with E-state index < -0.39 is 0 Å². The van der Waals surface area contributed by atoms with Crippen molar-refractivity contribution in [2.24, 2.45) is 0 Å². The first-order valence-corrected chi connectivity index (χ1v) is 2.78. The fraction of sp³-hybridized carbons (Fsp3) is 0. The van der Waals surface area contributed by atoms with Gasteiger partial charge in [-0.15, -0.1) is 29.8 Å². The number of benzene rings is 1. The summed E-state index contributed by atoms with van der Waals surface area (Å²) in [5.41, 5.74) is 1.08. The molecule has 1 heteroatoms. The summed E-state index contributed by atoms with van der Waals surface area (Å²) in [5.74, 6) is 2.46. The quantitative estimate of drug-likeness (QED) is 0.262. The number of rotatable bonds is 1. The smallest absolute Gasteiger partial charge is 0.229 e. The van der Waals surface area contributed by atoms with Gasteiger partial charge in [0.05, 0.1) is 0 Å². The Balaban J connectivity index is 0.000000810. The molecule has 0 spiro atoms. The van der Waals surface area contributed by atoms with Crippen LogP contribution in [0.1, 0.15) is 5.56 Å². The SMILES string of the molecule is C#C[CH-]c1ccccc1.[Na+]. The summed E-state index contributed by atoms with van der Waals surface area (Å²) in [6.07, 6.45) is 6.79. The molecule has 1 aromatic carbocycles. The van der Waals surface area contributed by atoms with Crippen molar-refractivity contribution in [1.82, 2.24) is 0 Å². The molecule has 0 nitrogen and oxygen atoms in total. The zero-order valence-electron chi connectivity index (χ0n) is 6.04. The Labute approximate surface area is 83.9 Å². The Hall–Kier alpha value is -0.350. The second-order valence-corrected chi connectivity index (χ2v) is 1.72. The fourth-order valence-corrected chi connectivity index (χ4v) is 0.645. The summed E-state index contributed by atoms with van der Waals surface area (Å²) in [4.78, 5) is 0. The van der Waals surface area contributed by atoms with Gasteiger partial charge in [0, 0.05) is 0 Å². The molecule has 1 aromatic rings. The maximum Gasteiger partial charge on any atom is 1.00 e. The Morgan fingerprint density at radius 3 is 2.30 bits per heavy atom. The monoisotopic (exact) mass is 138 g/mol. The van der Waals surface area contributed by atoms with Crippen LogP contribution in [0.15, 0.2) is 30.3 Å². The number of terminal acetylenes is 1. The minimum atomic E-state index is 0. The van der Waals surface area contributed by atoms with Crippen molar-refractivity contribution < 1.29 is 29.6 Å². The molecular weight excluding hydrogens is 131 g/mol. The van der Waals surface area contributed by atoms with Crippen molar-refractivity contribution in [2.75, 3.05) is 0 Å². The van der Waals surface area contributed by atoms with E-state index >= 15 is 0 Å².